The van der Waals surface area contributed by atoms with Crippen LogP contribution in [-0.2, 0) is 5.41 Å². The fraction of sp³-hybridized carbons (Fsp3) is 0.571. The molecule has 3 heteroatoms. The molecule has 1 aromatic rings. The van der Waals surface area contributed by atoms with E-state index in [9.17, 15) is 0 Å². The van der Waals surface area contributed by atoms with E-state index in [-0.39, 0.29) is 5.41 Å². The lowest BCUT2D eigenvalue weighted by Gasteiger charge is -2.19. The van der Waals surface area contributed by atoms with E-state index in [0.717, 1.165) is 29.3 Å². The lowest BCUT2D eigenvalue weighted by molar-refractivity contribution is 0.292. The van der Waals surface area contributed by atoms with Gasteiger partial charge in [-0.05, 0) is 53.6 Å². The highest BCUT2D eigenvalue weighted by molar-refractivity contribution is 9.10. The van der Waals surface area contributed by atoms with Crippen molar-refractivity contribution < 1.29 is 4.74 Å². The van der Waals surface area contributed by atoms with E-state index in [0.29, 0.717) is 0 Å². The second-order valence-electron chi connectivity index (χ2n) is 5.36. The predicted octanol–water partition coefficient (Wildman–Crippen LogP) is 3.23. The number of rotatable bonds is 5. The van der Waals surface area contributed by atoms with Crippen molar-refractivity contribution in [2.45, 2.75) is 31.1 Å². The predicted molar refractivity (Wildman–Crippen MR) is 72.3 cm³/mol. The van der Waals surface area contributed by atoms with Gasteiger partial charge in [-0.2, -0.15) is 0 Å². The molecule has 0 unspecified atom stereocenters. The molecule has 0 aromatic heterocycles. The Morgan fingerprint density at radius 1 is 1.35 bits per heavy atom. The van der Waals surface area contributed by atoms with Gasteiger partial charge in [0.05, 0.1) is 11.1 Å². The van der Waals surface area contributed by atoms with Crippen LogP contribution in [0.4, 0.5) is 0 Å². The Morgan fingerprint density at radius 3 is 2.71 bits per heavy atom. The molecule has 0 heterocycles. The molecule has 2 aliphatic carbocycles. The molecular weight excluding hydrogens is 278 g/mol. The molecule has 17 heavy (non-hydrogen) atoms. The molecule has 2 nitrogen and oxygen atoms in total. The van der Waals surface area contributed by atoms with Crippen LogP contribution >= 0.6 is 15.9 Å². The molecule has 0 bridgehead atoms. The Kier molecular flexibility index (Phi) is 2.91. The maximum absolute atomic E-state index is 6.02. The van der Waals surface area contributed by atoms with E-state index >= 15 is 0 Å². The summed E-state index contributed by atoms with van der Waals surface area (Å²) in [5.74, 6) is 1.81. The first kappa shape index (κ1) is 11.5. The fourth-order valence-electron chi connectivity index (χ4n) is 2.29. The summed E-state index contributed by atoms with van der Waals surface area (Å²) >= 11 is 3.60. The van der Waals surface area contributed by atoms with Gasteiger partial charge in [-0.3, -0.25) is 0 Å². The van der Waals surface area contributed by atoms with Crippen LogP contribution in [0.15, 0.2) is 22.7 Å². The van der Waals surface area contributed by atoms with Crippen molar-refractivity contribution in [3.8, 4) is 5.75 Å². The zero-order valence-corrected chi connectivity index (χ0v) is 11.5. The Hall–Kier alpha value is -0.540. The summed E-state index contributed by atoms with van der Waals surface area (Å²) in [7, 11) is 0. The minimum absolute atomic E-state index is 0.197. The summed E-state index contributed by atoms with van der Waals surface area (Å²) in [5.41, 5.74) is 7.42. The van der Waals surface area contributed by atoms with Crippen LogP contribution in [0.25, 0.3) is 0 Å². The highest BCUT2D eigenvalue weighted by atomic mass is 79.9. The van der Waals surface area contributed by atoms with Crippen LogP contribution in [0.3, 0.4) is 0 Å². The van der Waals surface area contributed by atoms with Crippen molar-refractivity contribution in [3.63, 3.8) is 0 Å². The van der Waals surface area contributed by atoms with Crippen molar-refractivity contribution in [2.75, 3.05) is 13.2 Å². The Bertz CT molecular complexity index is 424. The summed E-state index contributed by atoms with van der Waals surface area (Å²) in [6, 6.07) is 6.31. The van der Waals surface area contributed by atoms with Crippen LogP contribution in [0.1, 0.15) is 31.2 Å². The largest absolute Gasteiger partial charge is 0.492 e. The maximum Gasteiger partial charge on any atom is 0.137 e. The lowest BCUT2D eigenvalue weighted by Crippen LogP contribution is -2.21. The average molecular weight is 296 g/mol. The molecule has 1 aromatic carbocycles. The number of nitrogens with two attached hydrogens (primary N) is 1. The SMILES string of the molecule is NCC1(c2cccc(Br)c2OCC2CC2)CC1. The van der Waals surface area contributed by atoms with Crippen LogP contribution in [-0.4, -0.2) is 13.2 Å². The first-order valence-corrected chi connectivity index (χ1v) is 7.16. The minimum Gasteiger partial charge on any atom is -0.492 e. The van der Waals surface area contributed by atoms with E-state index in [1.807, 2.05) is 0 Å². The molecule has 92 valence electrons. The molecule has 0 aliphatic heterocycles. The second-order valence-corrected chi connectivity index (χ2v) is 6.21. The van der Waals surface area contributed by atoms with Gasteiger partial charge in [0, 0.05) is 17.5 Å². The number of para-hydroxylation sites is 1. The van der Waals surface area contributed by atoms with Gasteiger partial charge >= 0.3 is 0 Å². The molecule has 2 saturated carbocycles. The zero-order chi connectivity index (χ0) is 11.9. The molecule has 0 spiro atoms. The van der Waals surface area contributed by atoms with Crippen molar-refractivity contribution in [1.82, 2.24) is 0 Å². The molecule has 0 amide bonds. The molecular formula is C14H18BrNO. The molecule has 2 fully saturated rings. The lowest BCUT2D eigenvalue weighted by atomic mass is 9.95. The van der Waals surface area contributed by atoms with Crippen molar-refractivity contribution in [1.29, 1.82) is 0 Å². The summed E-state index contributed by atoms with van der Waals surface area (Å²) in [5, 5.41) is 0. The van der Waals surface area contributed by atoms with Gasteiger partial charge in [0.1, 0.15) is 5.75 Å². The van der Waals surface area contributed by atoms with Gasteiger partial charge in [0.15, 0.2) is 0 Å². The summed E-state index contributed by atoms with van der Waals surface area (Å²) < 4.78 is 7.08. The van der Waals surface area contributed by atoms with E-state index in [2.05, 4.69) is 34.1 Å². The minimum atomic E-state index is 0.197. The standard InChI is InChI=1S/C14H18BrNO/c15-12-3-1-2-11(14(9-16)6-7-14)13(12)17-8-10-4-5-10/h1-3,10H,4-9,16H2. The van der Waals surface area contributed by atoms with E-state index in [4.69, 9.17) is 10.5 Å². The number of halogens is 1. The third-order valence-electron chi connectivity index (χ3n) is 3.94. The normalized spacial score (nSPS) is 21.3. The third-order valence-corrected chi connectivity index (χ3v) is 4.57. The molecule has 0 saturated heterocycles. The smallest absolute Gasteiger partial charge is 0.137 e. The fourth-order valence-corrected chi connectivity index (χ4v) is 2.77. The van der Waals surface area contributed by atoms with Crippen molar-refractivity contribution in [3.05, 3.63) is 28.2 Å². The molecule has 0 atom stereocenters. The quantitative estimate of drug-likeness (QED) is 0.905. The van der Waals surface area contributed by atoms with Gasteiger partial charge in [-0.15, -0.1) is 0 Å². The van der Waals surface area contributed by atoms with Crippen LogP contribution in [0, 0.1) is 5.92 Å². The average Bonchev–Trinajstić information content (AvgIpc) is 3.22. The Labute approximate surface area is 111 Å². The number of benzene rings is 1. The third kappa shape index (κ3) is 2.23. The first-order chi connectivity index (χ1) is 8.25. The van der Waals surface area contributed by atoms with Gasteiger partial charge in [-0.25, -0.2) is 0 Å². The highest BCUT2D eigenvalue weighted by Gasteiger charge is 2.45. The monoisotopic (exact) mass is 295 g/mol. The molecule has 0 radical (unpaired) electrons. The summed E-state index contributed by atoms with van der Waals surface area (Å²) in [6.07, 6.45) is 5.03. The topological polar surface area (TPSA) is 35.2 Å². The van der Waals surface area contributed by atoms with Gasteiger partial charge in [0.25, 0.3) is 0 Å². The summed E-state index contributed by atoms with van der Waals surface area (Å²) in [4.78, 5) is 0. The Morgan fingerprint density at radius 2 is 2.12 bits per heavy atom. The number of hydrogen-bond acceptors (Lipinski definition) is 2. The molecule has 2 N–H and O–H groups in total. The van der Waals surface area contributed by atoms with Crippen LogP contribution < -0.4 is 10.5 Å². The highest BCUT2D eigenvalue weighted by Crippen LogP contribution is 2.52. The second kappa shape index (κ2) is 4.29. The van der Waals surface area contributed by atoms with Crippen LogP contribution in [0.5, 0.6) is 5.75 Å². The summed E-state index contributed by atoms with van der Waals surface area (Å²) in [6.45, 7) is 1.58. The number of ether oxygens (including phenoxy) is 1. The zero-order valence-electron chi connectivity index (χ0n) is 9.92. The van der Waals surface area contributed by atoms with Gasteiger partial charge < -0.3 is 10.5 Å². The van der Waals surface area contributed by atoms with Crippen LogP contribution in [0.2, 0.25) is 0 Å². The van der Waals surface area contributed by atoms with E-state index in [1.54, 1.807) is 0 Å². The maximum atomic E-state index is 6.02. The van der Waals surface area contributed by atoms with E-state index < -0.39 is 0 Å². The first-order valence-electron chi connectivity index (χ1n) is 6.37. The van der Waals surface area contributed by atoms with Gasteiger partial charge in [-0.1, -0.05) is 12.1 Å². The van der Waals surface area contributed by atoms with Gasteiger partial charge in [0.2, 0.25) is 0 Å². The number of hydrogen-bond donors (Lipinski definition) is 1. The molecule has 3 rings (SSSR count). The van der Waals surface area contributed by atoms with Crippen molar-refractivity contribution in [2.24, 2.45) is 11.7 Å². The van der Waals surface area contributed by atoms with E-state index in [1.165, 1.54) is 31.2 Å². The Balaban J connectivity index is 1.87. The van der Waals surface area contributed by atoms with Crippen molar-refractivity contribution >= 4 is 15.9 Å². The molecule has 2 aliphatic rings.